The first-order valence-corrected chi connectivity index (χ1v) is 7.32. The average molecular weight is 313 g/mol. The Hall–Kier alpha value is -1.26. The standard InChI is InChI=1S/C14H14Cl2N2O2/c15-10-4-3-9(11(16)5-10)6-18-7-12(19)17-13(14(18)20)8-1-2-8/h3-5,8,13H,1-2,6-7H2,(H,17,19). The molecule has 1 unspecified atom stereocenters. The second-order valence-corrected chi connectivity index (χ2v) is 6.16. The Labute approximate surface area is 127 Å². The van der Waals surface area contributed by atoms with Crippen LogP contribution in [0.15, 0.2) is 18.2 Å². The van der Waals surface area contributed by atoms with Gasteiger partial charge in [0.25, 0.3) is 0 Å². The number of rotatable bonds is 3. The summed E-state index contributed by atoms with van der Waals surface area (Å²) in [5.41, 5.74) is 0.800. The van der Waals surface area contributed by atoms with E-state index in [1.54, 1.807) is 23.1 Å². The van der Waals surface area contributed by atoms with Crippen molar-refractivity contribution >= 4 is 35.0 Å². The van der Waals surface area contributed by atoms with Crippen LogP contribution in [0.25, 0.3) is 0 Å². The van der Waals surface area contributed by atoms with Gasteiger partial charge < -0.3 is 10.2 Å². The highest BCUT2D eigenvalue weighted by Gasteiger charge is 2.42. The molecule has 1 aliphatic carbocycles. The van der Waals surface area contributed by atoms with Crippen LogP contribution in [-0.2, 0) is 16.1 Å². The zero-order valence-electron chi connectivity index (χ0n) is 10.7. The van der Waals surface area contributed by atoms with E-state index in [0.717, 1.165) is 18.4 Å². The third-order valence-electron chi connectivity index (χ3n) is 3.70. The van der Waals surface area contributed by atoms with Crippen LogP contribution in [0.3, 0.4) is 0 Å². The molecule has 3 rings (SSSR count). The second-order valence-electron chi connectivity index (χ2n) is 5.31. The van der Waals surface area contributed by atoms with Gasteiger partial charge in [0.1, 0.15) is 6.04 Å². The van der Waals surface area contributed by atoms with Crippen molar-refractivity contribution in [2.45, 2.75) is 25.4 Å². The summed E-state index contributed by atoms with van der Waals surface area (Å²) in [6, 6.07) is 4.81. The quantitative estimate of drug-likeness (QED) is 0.930. The number of hydrogen-bond donors (Lipinski definition) is 1. The number of carbonyl (C=O) groups excluding carboxylic acids is 2. The third kappa shape index (κ3) is 2.76. The maximum absolute atomic E-state index is 12.4. The van der Waals surface area contributed by atoms with Gasteiger partial charge in [0.15, 0.2) is 0 Å². The van der Waals surface area contributed by atoms with Gasteiger partial charge in [-0.2, -0.15) is 0 Å². The van der Waals surface area contributed by atoms with Gasteiger partial charge >= 0.3 is 0 Å². The highest BCUT2D eigenvalue weighted by Crippen LogP contribution is 2.34. The second kappa shape index (κ2) is 5.26. The Morgan fingerprint density at radius 2 is 2.00 bits per heavy atom. The summed E-state index contributed by atoms with van der Waals surface area (Å²) in [5, 5.41) is 3.85. The SMILES string of the molecule is O=C1CN(Cc2ccc(Cl)cc2Cl)C(=O)C(C2CC2)N1. The van der Waals surface area contributed by atoms with E-state index in [4.69, 9.17) is 23.2 Å². The molecule has 6 heteroatoms. The number of halogens is 2. The lowest BCUT2D eigenvalue weighted by Gasteiger charge is -2.32. The van der Waals surface area contributed by atoms with Crippen LogP contribution >= 0.6 is 23.2 Å². The molecule has 1 saturated heterocycles. The first kappa shape index (κ1) is 13.7. The summed E-state index contributed by atoms with van der Waals surface area (Å²) < 4.78 is 0. The summed E-state index contributed by atoms with van der Waals surface area (Å²) in [6.07, 6.45) is 2.01. The number of piperazine rings is 1. The summed E-state index contributed by atoms with van der Waals surface area (Å²) in [5.74, 6) is 0.180. The van der Waals surface area contributed by atoms with Gasteiger partial charge in [-0.3, -0.25) is 9.59 Å². The van der Waals surface area contributed by atoms with E-state index in [1.165, 1.54) is 0 Å². The molecule has 4 nitrogen and oxygen atoms in total. The van der Waals surface area contributed by atoms with Crippen LogP contribution in [0.5, 0.6) is 0 Å². The van der Waals surface area contributed by atoms with Crippen LogP contribution < -0.4 is 5.32 Å². The van der Waals surface area contributed by atoms with E-state index in [-0.39, 0.29) is 24.4 Å². The minimum atomic E-state index is -0.359. The van der Waals surface area contributed by atoms with Gasteiger partial charge in [-0.25, -0.2) is 0 Å². The topological polar surface area (TPSA) is 49.4 Å². The van der Waals surface area contributed by atoms with E-state index in [2.05, 4.69) is 5.32 Å². The fourth-order valence-corrected chi connectivity index (χ4v) is 2.94. The molecule has 1 aromatic carbocycles. The van der Waals surface area contributed by atoms with E-state index in [9.17, 15) is 9.59 Å². The molecule has 1 saturated carbocycles. The van der Waals surface area contributed by atoms with Crippen molar-refractivity contribution in [2.24, 2.45) is 5.92 Å². The number of amides is 2. The van der Waals surface area contributed by atoms with E-state index < -0.39 is 0 Å². The smallest absolute Gasteiger partial charge is 0.246 e. The maximum atomic E-state index is 12.4. The molecule has 2 fully saturated rings. The number of nitrogens with one attached hydrogen (secondary N) is 1. The zero-order chi connectivity index (χ0) is 14.3. The van der Waals surface area contributed by atoms with Crippen molar-refractivity contribution in [1.29, 1.82) is 0 Å². The fraction of sp³-hybridized carbons (Fsp3) is 0.429. The first-order chi connectivity index (χ1) is 9.54. The van der Waals surface area contributed by atoms with Crippen molar-refractivity contribution in [1.82, 2.24) is 10.2 Å². The molecule has 1 N–H and O–H groups in total. The lowest BCUT2D eigenvalue weighted by Crippen LogP contribution is -2.58. The number of hydrogen-bond acceptors (Lipinski definition) is 2. The maximum Gasteiger partial charge on any atom is 0.246 e. The predicted molar refractivity (Wildman–Crippen MR) is 76.5 cm³/mol. The van der Waals surface area contributed by atoms with Crippen molar-refractivity contribution < 1.29 is 9.59 Å². The first-order valence-electron chi connectivity index (χ1n) is 6.56. The Morgan fingerprint density at radius 3 is 2.65 bits per heavy atom. The fourth-order valence-electron chi connectivity index (χ4n) is 2.47. The van der Waals surface area contributed by atoms with Crippen LogP contribution in [0, 0.1) is 5.92 Å². The predicted octanol–water partition coefficient (Wildman–Crippen LogP) is 2.23. The molecule has 0 bridgehead atoms. The average Bonchev–Trinajstić information content (AvgIpc) is 3.21. The Morgan fingerprint density at radius 1 is 1.25 bits per heavy atom. The van der Waals surface area contributed by atoms with Crippen LogP contribution in [0.2, 0.25) is 10.0 Å². The highest BCUT2D eigenvalue weighted by atomic mass is 35.5. The highest BCUT2D eigenvalue weighted by molar-refractivity contribution is 6.35. The molecule has 2 aliphatic rings. The minimum absolute atomic E-state index is 0.0156. The molecule has 1 aromatic rings. The van der Waals surface area contributed by atoms with E-state index >= 15 is 0 Å². The van der Waals surface area contributed by atoms with Gasteiger partial charge in [-0.15, -0.1) is 0 Å². The van der Waals surface area contributed by atoms with E-state index in [1.807, 2.05) is 0 Å². The third-order valence-corrected chi connectivity index (χ3v) is 4.29. The van der Waals surface area contributed by atoms with E-state index in [0.29, 0.717) is 22.5 Å². The molecule has 20 heavy (non-hydrogen) atoms. The van der Waals surface area contributed by atoms with Gasteiger partial charge in [0.05, 0.1) is 6.54 Å². The summed E-state index contributed by atoms with van der Waals surface area (Å²) in [7, 11) is 0. The molecule has 0 aromatic heterocycles. The molecule has 1 heterocycles. The molecule has 106 valence electrons. The lowest BCUT2D eigenvalue weighted by molar-refractivity contribution is -0.145. The normalized spacial score (nSPS) is 22.9. The molecular weight excluding hydrogens is 299 g/mol. The molecule has 1 aliphatic heterocycles. The van der Waals surface area contributed by atoms with Crippen LogP contribution in [0.4, 0.5) is 0 Å². The van der Waals surface area contributed by atoms with Crippen molar-refractivity contribution in [3.63, 3.8) is 0 Å². The molecule has 2 amide bonds. The summed E-state index contributed by atoms with van der Waals surface area (Å²) in [6.45, 7) is 0.423. The number of nitrogens with zero attached hydrogens (tertiary/aromatic N) is 1. The molecule has 0 radical (unpaired) electrons. The van der Waals surface area contributed by atoms with Gasteiger partial charge in [-0.1, -0.05) is 29.3 Å². The van der Waals surface area contributed by atoms with Gasteiger partial charge in [0.2, 0.25) is 11.8 Å². The molecular formula is C14H14Cl2N2O2. The number of carbonyl (C=O) groups is 2. The van der Waals surface area contributed by atoms with Gasteiger partial charge in [0, 0.05) is 16.6 Å². The summed E-state index contributed by atoms with van der Waals surface area (Å²) >= 11 is 12.0. The van der Waals surface area contributed by atoms with Crippen molar-refractivity contribution in [3.05, 3.63) is 33.8 Å². The van der Waals surface area contributed by atoms with Crippen molar-refractivity contribution in [3.8, 4) is 0 Å². The number of benzene rings is 1. The van der Waals surface area contributed by atoms with Gasteiger partial charge in [-0.05, 0) is 36.5 Å². The Kier molecular flexibility index (Phi) is 3.61. The van der Waals surface area contributed by atoms with Crippen LogP contribution in [-0.4, -0.2) is 29.3 Å². The monoisotopic (exact) mass is 312 g/mol. The summed E-state index contributed by atoms with van der Waals surface area (Å²) in [4.78, 5) is 25.7. The van der Waals surface area contributed by atoms with Crippen LogP contribution in [0.1, 0.15) is 18.4 Å². The molecule has 1 atom stereocenters. The molecule has 0 spiro atoms. The van der Waals surface area contributed by atoms with Crippen molar-refractivity contribution in [2.75, 3.05) is 6.54 Å². The Bertz CT molecular complexity index is 572. The largest absolute Gasteiger partial charge is 0.342 e. The lowest BCUT2D eigenvalue weighted by atomic mass is 10.1. The zero-order valence-corrected chi connectivity index (χ0v) is 12.2. The Balaban J connectivity index is 1.78. The minimum Gasteiger partial charge on any atom is -0.342 e.